The van der Waals surface area contributed by atoms with Crippen LogP contribution in [-0.2, 0) is 4.79 Å². The fraction of sp³-hybridized carbons (Fsp3) is 0.294. The lowest BCUT2D eigenvalue weighted by molar-refractivity contribution is -0.117. The van der Waals surface area contributed by atoms with Gasteiger partial charge in [0.15, 0.2) is 0 Å². The van der Waals surface area contributed by atoms with Crippen LogP contribution in [-0.4, -0.2) is 62.7 Å². The summed E-state index contributed by atoms with van der Waals surface area (Å²) in [5, 5.41) is 41.2. The number of hydrogen-bond acceptors (Lipinski definition) is 7. The number of aliphatic hydroxyl groups is 4. The molecule has 2 aromatic rings. The van der Waals surface area contributed by atoms with E-state index in [1.807, 2.05) is 0 Å². The molecule has 0 saturated heterocycles. The van der Waals surface area contributed by atoms with Crippen LogP contribution in [0.4, 0.5) is 5.69 Å². The average Bonchev–Trinajstić information content (AvgIpc) is 2.62. The summed E-state index contributed by atoms with van der Waals surface area (Å²) < 4.78 is 0. The van der Waals surface area contributed by atoms with Crippen LogP contribution in [0.1, 0.15) is 5.56 Å². The molecule has 8 heteroatoms. The molecule has 1 aromatic heterocycles. The number of H-pyrrole nitrogens is 1. The number of anilines is 1. The summed E-state index contributed by atoms with van der Waals surface area (Å²) in [4.78, 5) is 25.4. The van der Waals surface area contributed by atoms with Gasteiger partial charge in [0.2, 0.25) is 5.56 Å². The molecule has 0 aliphatic heterocycles. The number of rotatable bonds is 7. The van der Waals surface area contributed by atoms with Crippen molar-refractivity contribution in [3.05, 3.63) is 40.2 Å². The molecule has 0 aliphatic rings. The molecule has 1 aromatic carbocycles. The number of benzene rings is 1. The van der Waals surface area contributed by atoms with E-state index in [-0.39, 0.29) is 5.56 Å². The third-order valence-electron chi connectivity index (χ3n) is 3.78. The first-order chi connectivity index (χ1) is 11.9. The number of aromatic nitrogens is 1. The summed E-state index contributed by atoms with van der Waals surface area (Å²) in [7, 11) is 0. The fourth-order valence-corrected chi connectivity index (χ4v) is 2.41. The average molecular weight is 346 g/mol. The minimum Gasteiger partial charge on any atom is -0.394 e. The van der Waals surface area contributed by atoms with E-state index in [1.165, 1.54) is 12.1 Å². The SMILES string of the molecule is C#Cc1cc(=O)[nH]c2cc(N[C@@H](C=O)[C@@H](O)[C@H](O)[C@H](O)CO)ccc12. The van der Waals surface area contributed by atoms with E-state index in [9.17, 15) is 24.9 Å². The number of carbonyl (C=O) groups excluding carboxylic acids is 1. The van der Waals surface area contributed by atoms with E-state index >= 15 is 0 Å². The number of fused-ring (bicyclic) bond motifs is 1. The van der Waals surface area contributed by atoms with Crippen molar-refractivity contribution in [1.82, 2.24) is 4.98 Å². The lowest BCUT2D eigenvalue weighted by Gasteiger charge is -2.26. The van der Waals surface area contributed by atoms with Crippen molar-refractivity contribution < 1.29 is 25.2 Å². The highest BCUT2D eigenvalue weighted by Crippen LogP contribution is 2.20. The van der Waals surface area contributed by atoms with Crippen LogP contribution in [0.5, 0.6) is 0 Å². The van der Waals surface area contributed by atoms with Gasteiger partial charge in [-0.3, -0.25) is 4.79 Å². The molecular weight excluding hydrogens is 328 g/mol. The second-order valence-electron chi connectivity index (χ2n) is 5.49. The zero-order chi connectivity index (χ0) is 18.6. The summed E-state index contributed by atoms with van der Waals surface area (Å²) in [6.45, 7) is -0.768. The number of aldehydes is 1. The van der Waals surface area contributed by atoms with Crippen LogP contribution in [0.2, 0.25) is 0 Å². The summed E-state index contributed by atoms with van der Waals surface area (Å²) in [5.41, 5.74) is 0.838. The Morgan fingerprint density at radius 2 is 1.96 bits per heavy atom. The van der Waals surface area contributed by atoms with Crippen molar-refractivity contribution in [2.75, 3.05) is 11.9 Å². The van der Waals surface area contributed by atoms with Crippen molar-refractivity contribution in [3.63, 3.8) is 0 Å². The quantitative estimate of drug-likeness (QED) is 0.266. The molecule has 4 atom stereocenters. The van der Waals surface area contributed by atoms with Gasteiger partial charge in [0.1, 0.15) is 30.6 Å². The van der Waals surface area contributed by atoms with Crippen molar-refractivity contribution in [1.29, 1.82) is 0 Å². The summed E-state index contributed by atoms with van der Waals surface area (Å²) in [6.07, 6.45) is 0.760. The maximum atomic E-state index is 11.6. The van der Waals surface area contributed by atoms with E-state index in [0.29, 0.717) is 28.4 Å². The Balaban J connectivity index is 2.31. The van der Waals surface area contributed by atoms with Gasteiger partial charge in [0, 0.05) is 22.7 Å². The Bertz CT molecular complexity index is 856. The highest BCUT2D eigenvalue weighted by Gasteiger charge is 2.31. The summed E-state index contributed by atoms with van der Waals surface area (Å²) in [6, 6.07) is 4.78. The minimum atomic E-state index is -1.72. The second kappa shape index (κ2) is 7.92. The first-order valence-electron chi connectivity index (χ1n) is 7.41. The fourth-order valence-electron chi connectivity index (χ4n) is 2.41. The van der Waals surface area contributed by atoms with Crippen LogP contribution in [0.15, 0.2) is 29.1 Å². The van der Waals surface area contributed by atoms with Crippen molar-refractivity contribution in [3.8, 4) is 12.3 Å². The van der Waals surface area contributed by atoms with E-state index < -0.39 is 31.0 Å². The molecule has 0 unspecified atom stereocenters. The normalized spacial score (nSPS) is 15.8. The third-order valence-corrected chi connectivity index (χ3v) is 3.78. The lowest BCUT2D eigenvalue weighted by atomic mass is 10.0. The number of terminal acetylenes is 1. The van der Waals surface area contributed by atoms with Crippen LogP contribution in [0.25, 0.3) is 10.9 Å². The molecule has 132 valence electrons. The first-order valence-corrected chi connectivity index (χ1v) is 7.41. The van der Waals surface area contributed by atoms with Gasteiger partial charge >= 0.3 is 0 Å². The molecule has 8 nitrogen and oxygen atoms in total. The second-order valence-corrected chi connectivity index (χ2v) is 5.49. The van der Waals surface area contributed by atoms with E-state index in [2.05, 4.69) is 16.2 Å². The van der Waals surface area contributed by atoms with Crippen molar-refractivity contribution >= 4 is 22.9 Å². The number of carbonyl (C=O) groups is 1. The van der Waals surface area contributed by atoms with Crippen LogP contribution in [0, 0.1) is 12.3 Å². The number of nitrogens with one attached hydrogen (secondary N) is 2. The topological polar surface area (TPSA) is 143 Å². The minimum absolute atomic E-state index is 0.364. The highest BCUT2D eigenvalue weighted by molar-refractivity contribution is 5.87. The molecular formula is C17H18N2O6. The van der Waals surface area contributed by atoms with Gasteiger partial charge in [-0.15, -0.1) is 6.42 Å². The number of aliphatic hydroxyl groups excluding tert-OH is 4. The van der Waals surface area contributed by atoms with Crippen LogP contribution in [0.3, 0.4) is 0 Å². The predicted octanol–water partition coefficient (Wildman–Crippen LogP) is -1.44. The number of pyridine rings is 1. The molecule has 1 heterocycles. The van der Waals surface area contributed by atoms with Gasteiger partial charge < -0.3 is 35.5 Å². The predicted molar refractivity (Wildman–Crippen MR) is 91.1 cm³/mol. The van der Waals surface area contributed by atoms with Crippen LogP contribution < -0.4 is 10.9 Å². The van der Waals surface area contributed by atoms with Gasteiger partial charge in [-0.25, -0.2) is 0 Å². The van der Waals surface area contributed by atoms with Gasteiger partial charge in [-0.05, 0) is 18.2 Å². The van der Waals surface area contributed by atoms with Crippen molar-refractivity contribution in [2.45, 2.75) is 24.4 Å². The van der Waals surface area contributed by atoms with Gasteiger partial charge in [-0.1, -0.05) is 5.92 Å². The molecule has 0 fully saturated rings. The lowest BCUT2D eigenvalue weighted by Crippen LogP contribution is -2.49. The van der Waals surface area contributed by atoms with Crippen molar-refractivity contribution in [2.24, 2.45) is 0 Å². The van der Waals surface area contributed by atoms with E-state index in [1.54, 1.807) is 12.1 Å². The van der Waals surface area contributed by atoms with Crippen LogP contribution >= 0.6 is 0 Å². The number of hydrogen-bond donors (Lipinski definition) is 6. The Labute approximate surface area is 142 Å². The molecule has 0 bridgehead atoms. The highest BCUT2D eigenvalue weighted by atomic mass is 16.4. The first kappa shape index (κ1) is 18.6. The summed E-state index contributed by atoms with van der Waals surface area (Å²) >= 11 is 0. The molecule has 0 aliphatic carbocycles. The zero-order valence-corrected chi connectivity index (χ0v) is 13.1. The van der Waals surface area contributed by atoms with E-state index in [0.717, 1.165) is 0 Å². The Morgan fingerprint density at radius 3 is 2.56 bits per heavy atom. The largest absolute Gasteiger partial charge is 0.394 e. The molecule has 0 saturated carbocycles. The standard InChI is InChI=1S/C17H18N2O6/c1-2-9-5-15(23)19-12-6-10(3-4-11(9)12)18-13(7-20)16(24)17(25)14(22)8-21/h1,3-7,13-14,16-18,21-22,24-25H,8H2,(H,19,23)/t13-,14+,16+,17+/m0/s1. The maximum Gasteiger partial charge on any atom is 0.249 e. The molecule has 0 radical (unpaired) electrons. The number of aromatic amines is 1. The molecule has 0 amide bonds. The van der Waals surface area contributed by atoms with E-state index in [4.69, 9.17) is 11.5 Å². The molecule has 2 rings (SSSR count). The smallest absolute Gasteiger partial charge is 0.249 e. The summed E-state index contributed by atoms with van der Waals surface area (Å²) in [5.74, 6) is 2.41. The molecule has 25 heavy (non-hydrogen) atoms. The monoisotopic (exact) mass is 346 g/mol. The zero-order valence-electron chi connectivity index (χ0n) is 13.1. The third kappa shape index (κ3) is 4.04. The van der Waals surface area contributed by atoms with Gasteiger partial charge in [-0.2, -0.15) is 0 Å². The van der Waals surface area contributed by atoms with Gasteiger partial charge in [0.05, 0.1) is 12.1 Å². The Hall–Kier alpha value is -2.70. The maximum absolute atomic E-state index is 11.6. The Morgan fingerprint density at radius 1 is 1.24 bits per heavy atom. The Kier molecular flexibility index (Phi) is 5.90. The van der Waals surface area contributed by atoms with Gasteiger partial charge in [0.25, 0.3) is 0 Å². The molecule has 0 spiro atoms. The molecule has 6 N–H and O–H groups in total.